The smallest absolute Gasteiger partial charge is 0.0888 e. The van der Waals surface area contributed by atoms with Gasteiger partial charge in [-0.25, -0.2) is 4.98 Å². The van der Waals surface area contributed by atoms with Crippen LogP contribution < -0.4 is 0 Å². The van der Waals surface area contributed by atoms with Crippen molar-refractivity contribution in [2.75, 3.05) is 13.1 Å². The highest BCUT2D eigenvalue weighted by Crippen LogP contribution is 2.28. The van der Waals surface area contributed by atoms with E-state index in [0.717, 1.165) is 48.6 Å². The van der Waals surface area contributed by atoms with Crippen LogP contribution in [0.4, 0.5) is 0 Å². The Hall–Kier alpha value is -2.57. The zero-order valence-electron chi connectivity index (χ0n) is 15.6. The van der Waals surface area contributed by atoms with E-state index in [1.165, 1.54) is 12.0 Å². The normalized spacial score (nSPS) is 17.9. The molecule has 1 aromatic carbocycles. The molecule has 0 radical (unpaired) electrons. The summed E-state index contributed by atoms with van der Waals surface area (Å²) >= 11 is 0. The molecule has 27 heavy (non-hydrogen) atoms. The van der Waals surface area contributed by atoms with E-state index in [4.69, 9.17) is 4.98 Å². The molecule has 0 amide bonds. The molecular formula is C21H25N5O. The summed E-state index contributed by atoms with van der Waals surface area (Å²) in [4.78, 5) is 11.8. The topological polar surface area (TPSA) is 67.1 Å². The Morgan fingerprint density at radius 2 is 1.96 bits per heavy atom. The molecule has 4 rings (SSSR count). The van der Waals surface area contributed by atoms with Crippen LogP contribution in [0.2, 0.25) is 0 Å². The predicted octanol–water partition coefficient (Wildman–Crippen LogP) is 2.75. The fourth-order valence-electron chi connectivity index (χ4n) is 3.75. The Morgan fingerprint density at radius 1 is 1.11 bits per heavy atom. The van der Waals surface area contributed by atoms with Gasteiger partial charge in [0.2, 0.25) is 0 Å². The number of benzene rings is 1. The maximum absolute atomic E-state index is 9.21. The third-order valence-corrected chi connectivity index (χ3v) is 5.17. The molecule has 6 nitrogen and oxygen atoms in total. The first kappa shape index (κ1) is 17.8. The van der Waals surface area contributed by atoms with Crippen molar-refractivity contribution in [1.29, 1.82) is 0 Å². The van der Waals surface area contributed by atoms with Gasteiger partial charge in [-0.3, -0.25) is 14.6 Å². The van der Waals surface area contributed by atoms with E-state index in [1.807, 2.05) is 54.6 Å². The SMILES string of the molecule is Cn1cc(CN2CCCC(c3cncc(-c4ccc(CO)cc4)n3)C2)cn1. The maximum Gasteiger partial charge on any atom is 0.0888 e. The number of aryl methyl sites for hydroxylation is 1. The first-order valence-corrected chi connectivity index (χ1v) is 9.43. The summed E-state index contributed by atoms with van der Waals surface area (Å²) in [6.45, 7) is 3.10. The van der Waals surface area contributed by atoms with Crippen molar-refractivity contribution in [3.05, 3.63) is 65.9 Å². The number of aliphatic hydroxyl groups excluding tert-OH is 1. The van der Waals surface area contributed by atoms with E-state index < -0.39 is 0 Å². The summed E-state index contributed by atoms with van der Waals surface area (Å²) in [5, 5.41) is 13.5. The Bertz CT molecular complexity index is 890. The first-order chi connectivity index (χ1) is 13.2. The number of piperidine rings is 1. The standard InChI is InChI=1S/C21H25N5O/c1-25-12-17(9-23-25)13-26-8-2-3-19(14-26)21-11-22-10-20(24-21)18-6-4-16(15-27)5-7-18/h4-7,9-12,19,27H,2-3,8,13-15H2,1H3. The third-order valence-electron chi connectivity index (χ3n) is 5.17. The Kier molecular flexibility index (Phi) is 5.27. The second-order valence-corrected chi connectivity index (χ2v) is 7.28. The molecule has 1 N–H and O–H groups in total. The lowest BCUT2D eigenvalue weighted by molar-refractivity contribution is 0.198. The summed E-state index contributed by atoms with van der Waals surface area (Å²) in [7, 11) is 1.96. The van der Waals surface area contributed by atoms with Crippen molar-refractivity contribution in [3.8, 4) is 11.3 Å². The molecule has 3 aromatic rings. The molecule has 2 aromatic heterocycles. The summed E-state index contributed by atoms with van der Waals surface area (Å²) in [6, 6.07) is 7.85. The van der Waals surface area contributed by atoms with Crippen LogP contribution in [-0.4, -0.2) is 42.8 Å². The van der Waals surface area contributed by atoms with Crippen molar-refractivity contribution in [2.24, 2.45) is 7.05 Å². The van der Waals surface area contributed by atoms with Crippen molar-refractivity contribution in [3.63, 3.8) is 0 Å². The zero-order valence-corrected chi connectivity index (χ0v) is 15.6. The summed E-state index contributed by atoms with van der Waals surface area (Å²) < 4.78 is 1.85. The van der Waals surface area contributed by atoms with E-state index >= 15 is 0 Å². The molecule has 0 aliphatic carbocycles. The Balaban J connectivity index is 1.48. The second-order valence-electron chi connectivity index (χ2n) is 7.28. The lowest BCUT2D eigenvalue weighted by atomic mass is 9.94. The molecule has 140 valence electrons. The fraction of sp³-hybridized carbons (Fsp3) is 0.381. The van der Waals surface area contributed by atoms with Crippen molar-refractivity contribution >= 4 is 0 Å². The highest BCUT2D eigenvalue weighted by atomic mass is 16.3. The van der Waals surface area contributed by atoms with E-state index in [0.29, 0.717) is 5.92 Å². The third kappa shape index (κ3) is 4.23. The first-order valence-electron chi connectivity index (χ1n) is 9.43. The summed E-state index contributed by atoms with van der Waals surface area (Å²) in [6.07, 6.45) is 10.1. The van der Waals surface area contributed by atoms with Gasteiger partial charge in [0.1, 0.15) is 0 Å². The van der Waals surface area contributed by atoms with Crippen molar-refractivity contribution in [2.45, 2.75) is 31.9 Å². The van der Waals surface area contributed by atoms with Gasteiger partial charge in [-0.15, -0.1) is 0 Å². The number of nitrogens with zero attached hydrogens (tertiary/aromatic N) is 5. The van der Waals surface area contributed by atoms with Crippen LogP contribution >= 0.6 is 0 Å². The van der Waals surface area contributed by atoms with Gasteiger partial charge in [0, 0.05) is 49.6 Å². The molecule has 0 spiro atoms. The van der Waals surface area contributed by atoms with Gasteiger partial charge < -0.3 is 5.11 Å². The van der Waals surface area contributed by atoms with Crippen LogP contribution in [0.3, 0.4) is 0 Å². The van der Waals surface area contributed by atoms with E-state index in [9.17, 15) is 5.11 Å². The Morgan fingerprint density at radius 3 is 2.70 bits per heavy atom. The lowest BCUT2D eigenvalue weighted by Gasteiger charge is -2.32. The van der Waals surface area contributed by atoms with E-state index in [2.05, 4.69) is 21.2 Å². The van der Waals surface area contributed by atoms with Gasteiger partial charge in [-0.05, 0) is 24.9 Å². The molecule has 3 heterocycles. The number of hydrogen-bond acceptors (Lipinski definition) is 5. The van der Waals surface area contributed by atoms with Gasteiger partial charge in [0.05, 0.1) is 30.4 Å². The van der Waals surface area contributed by atoms with Crippen molar-refractivity contribution in [1.82, 2.24) is 24.6 Å². The molecular weight excluding hydrogens is 338 g/mol. The van der Waals surface area contributed by atoms with Crippen LogP contribution in [0.5, 0.6) is 0 Å². The molecule has 6 heteroatoms. The molecule has 1 fully saturated rings. The quantitative estimate of drug-likeness (QED) is 0.755. The molecule has 0 bridgehead atoms. The molecule has 1 saturated heterocycles. The van der Waals surface area contributed by atoms with Crippen molar-refractivity contribution < 1.29 is 5.11 Å². The van der Waals surface area contributed by atoms with Gasteiger partial charge in [-0.2, -0.15) is 5.10 Å². The van der Waals surface area contributed by atoms with Crippen LogP contribution in [0.15, 0.2) is 49.1 Å². The number of rotatable bonds is 5. The highest BCUT2D eigenvalue weighted by Gasteiger charge is 2.23. The van der Waals surface area contributed by atoms with E-state index in [1.54, 1.807) is 0 Å². The van der Waals surface area contributed by atoms with E-state index in [-0.39, 0.29) is 6.61 Å². The second kappa shape index (κ2) is 7.98. The minimum Gasteiger partial charge on any atom is -0.392 e. The average Bonchev–Trinajstić information content (AvgIpc) is 3.13. The number of aromatic nitrogens is 4. The van der Waals surface area contributed by atoms with Crippen LogP contribution in [0.1, 0.15) is 35.6 Å². The van der Waals surface area contributed by atoms with Gasteiger partial charge in [-0.1, -0.05) is 24.3 Å². The predicted molar refractivity (Wildman–Crippen MR) is 104 cm³/mol. The largest absolute Gasteiger partial charge is 0.392 e. The molecule has 1 unspecified atom stereocenters. The van der Waals surface area contributed by atoms with Crippen LogP contribution in [0.25, 0.3) is 11.3 Å². The number of hydrogen-bond donors (Lipinski definition) is 1. The van der Waals surface area contributed by atoms with Gasteiger partial charge >= 0.3 is 0 Å². The highest BCUT2D eigenvalue weighted by molar-refractivity contribution is 5.58. The molecule has 1 atom stereocenters. The average molecular weight is 363 g/mol. The molecule has 1 aliphatic rings. The zero-order chi connectivity index (χ0) is 18.6. The van der Waals surface area contributed by atoms with Crippen LogP contribution in [-0.2, 0) is 20.2 Å². The van der Waals surface area contributed by atoms with Gasteiger partial charge in [0.25, 0.3) is 0 Å². The summed E-state index contributed by atoms with van der Waals surface area (Å²) in [5.41, 5.74) is 5.14. The fourth-order valence-corrected chi connectivity index (χ4v) is 3.75. The monoisotopic (exact) mass is 363 g/mol. The minimum absolute atomic E-state index is 0.0564. The Labute approximate surface area is 159 Å². The molecule has 0 saturated carbocycles. The summed E-state index contributed by atoms with van der Waals surface area (Å²) in [5.74, 6) is 0.402. The van der Waals surface area contributed by atoms with Gasteiger partial charge in [0.15, 0.2) is 0 Å². The van der Waals surface area contributed by atoms with Crippen LogP contribution in [0, 0.1) is 0 Å². The lowest BCUT2D eigenvalue weighted by Crippen LogP contribution is -2.34. The maximum atomic E-state index is 9.21. The minimum atomic E-state index is 0.0564. The number of likely N-dealkylation sites (tertiary alicyclic amines) is 1. The molecule has 1 aliphatic heterocycles. The number of aliphatic hydroxyl groups is 1.